The molecule has 19 heavy (non-hydrogen) atoms. The average Bonchev–Trinajstić information content (AvgIpc) is 2.72. The van der Waals surface area contributed by atoms with E-state index in [1.807, 2.05) is 23.7 Å². The molecule has 0 radical (unpaired) electrons. The highest BCUT2D eigenvalue weighted by Gasteiger charge is 2.09. The number of hydrogen-bond donors (Lipinski definition) is 0. The molecule has 0 aliphatic carbocycles. The minimum Gasteiger partial charge on any atom is -0.300 e. The van der Waals surface area contributed by atoms with Crippen LogP contribution in [0.4, 0.5) is 0 Å². The number of aryl methyl sites for hydroxylation is 1. The summed E-state index contributed by atoms with van der Waals surface area (Å²) in [6.45, 7) is 7.88. The zero-order valence-electron chi connectivity index (χ0n) is 12.0. The third kappa shape index (κ3) is 3.11. The van der Waals surface area contributed by atoms with E-state index in [0.29, 0.717) is 12.5 Å². The van der Waals surface area contributed by atoms with Crippen LogP contribution in [0.1, 0.15) is 38.1 Å². The summed E-state index contributed by atoms with van der Waals surface area (Å²) in [4.78, 5) is 11.1. The standard InChI is InChI=1S/C16H20N2O/c1-11(2)18-10-16(13(4)17-18)15-7-5-14(6-8-15)9-12(3)19/h5-8,10-11H,9H2,1-4H3. The molecule has 0 saturated carbocycles. The van der Waals surface area contributed by atoms with Crippen molar-refractivity contribution in [3.8, 4) is 11.1 Å². The number of carbonyl (C=O) groups excluding carboxylic acids is 1. The summed E-state index contributed by atoms with van der Waals surface area (Å²) < 4.78 is 1.98. The van der Waals surface area contributed by atoms with Gasteiger partial charge < -0.3 is 0 Å². The number of aromatic nitrogens is 2. The topological polar surface area (TPSA) is 34.9 Å². The molecular formula is C16H20N2O. The third-order valence-corrected chi connectivity index (χ3v) is 3.16. The van der Waals surface area contributed by atoms with Crippen LogP contribution in [0.25, 0.3) is 11.1 Å². The van der Waals surface area contributed by atoms with E-state index in [1.54, 1.807) is 6.92 Å². The maximum absolute atomic E-state index is 11.1. The Hall–Kier alpha value is -1.90. The second-order valence-corrected chi connectivity index (χ2v) is 5.28. The average molecular weight is 256 g/mol. The van der Waals surface area contributed by atoms with Crippen LogP contribution >= 0.6 is 0 Å². The van der Waals surface area contributed by atoms with Crippen LogP contribution in [-0.4, -0.2) is 15.6 Å². The number of hydrogen-bond acceptors (Lipinski definition) is 2. The highest BCUT2D eigenvalue weighted by Crippen LogP contribution is 2.24. The Morgan fingerprint density at radius 2 is 1.89 bits per heavy atom. The van der Waals surface area contributed by atoms with Gasteiger partial charge in [0.25, 0.3) is 0 Å². The molecule has 0 aliphatic rings. The van der Waals surface area contributed by atoms with Gasteiger partial charge in [-0.05, 0) is 38.8 Å². The Bertz CT molecular complexity index is 579. The quantitative estimate of drug-likeness (QED) is 0.838. The lowest BCUT2D eigenvalue weighted by atomic mass is 10.0. The van der Waals surface area contributed by atoms with Crippen LogP contribution in [0.15, 0.2) is 30.5 Å². The van der Waals surface area contributed by atoms with Gasteiger partial charge in [0, 0.05) is 24.2 Å². The van der Waals surface area contributed by atoms with Crippen molar-refractivity contribution < 1.29 is 4.79 Å². The van der Waals surface area contributed by atoms with E-state index in [9.17, 15) is 4.79 Å². The summed E-state index contributed by atoms with van der Waals surface area (Å²) in [7, 11) is 0. The third-order valence-electron chi connectivity index (χ3n) is 3.16. The van der Waals surface area contributed by atoms with Gasteiger partial charge in [0.05, 0.1) is 5.69 Å². The van der Waals surface area contributed by atoms with Gasteiger partial charge in [-0.1, -0.05) is 24.3 Å². The summed E-state index contributed by atoms with van der Waals surface area (Å²) >= 11 is 0. The zero-order chi connectivity index (χ0) is 14.0. The molecule has 0 atom stereocenters. The van der Waals surface area contributed by atoms with E-state index in [2.05, 4.69) is 37.3 Å². The van der Waals surface area contributed by atoms with Crippen molar-refractivity contribution in [1.82, 2.24) is 9.78 Å². The van der Waals surface area contributed by atoms with Gasteiger partial charge in [-0.25, -0.2) is 0 Å². The predicted octanol–water partition coefficient (Wildman–Crippen LogP) is 3.57. The molecule has 0 fully saturated rings. The highest BCUT2D eigenvalue weighted by atomic mass is 16.1. The summed E-state index contributed by atoms with van der Waals surface area (Å²) in [5.41, 5.74) is 4.40. The number of nitrogens with zero attached hydrogens (tertiary/aromatic N) is 2. The Morgan fingerprint density at radius 1 is 1.26 bits per heavy atom. The van der Waals surface area contributed by atoms with Crippen molar-refractivity contribution in [3.63, 3.8) is 0 Å². The molecule has 0 unspecified atom stereocenters. The minimum atomic E-state index is 0.191. The zero-order valence-corrected chi connectivity index (χ0v) is 12.0. The van der Waals surface area contributed by atoms with Crippen LogP contribution in [0.2, 0.25) is 0 Å². The normalized spacial score (nSPS) is 11.0. The molecule has 0 bridgehead atoms. The summed E-state index contributed by atoms with van der Waals surface area (Å²) in [6.07, 6.45) is 2.59. The minimum absolute atomic E-state index is 0.191. The van der Waals surface area contributed by atoms with E-state index in [-0.39, 0.29) is 5.78 Å². The first kappa shape index (κ1) is 13.5. The Kier molecular flexibility index (Phi) is 3.84. The lowest BCUT2D eigenvalue weighted by Gasteiger charge is -2.03. The van der Waals surface area contributed by atoms with E-state index >= 15 is 0 Å². The Morgan fingerprint density at radius 3 is 2.37 bits per heavy atom. The highest BCUT2D eigenvalue weighted by molar-refractivity contribution is 5.78. The molecule has 1 heterocycles. The summed E-state index contributed by atoms with van der Waals surface area (Å²) in [6, 6.07) is 8.52. The maximum atomic E-state index is 11.1. The second kappa shape index (κ2) is 5.39. The first-order valence-corrected chi connectivity index (χ1v) is 6.62. The molecule has 3 heteroatoms. The van der Waals surface area contributed by atoms with Crippen molar-refractivity contribution in [2.45, 2.75) is 40.2 Å². The molecule has 1 aromatic carbocycles. The fourth-order valence-corrected chi connectivity index (χ4v) is 2.12. The smallest absolute Gasteiger partial charge is 0.134 e. The number of carbonyl (C=O) groups is 1. The first-order chi connectivity index (χ1) is 8.97. The second-order valence-electron chi connectivity index (χ2n) is 5.28. The molecule has 100 valence electrons. The van der Waals surface area contributed by atoms with Crippen molar-refractivity contribution in [2.75, 3.05) is 0 Å². The number of ketones is 1. The van der Waals surface area contributed by atoms with E-state index < -0.39 is 0 Å². The summed E-state index contributed by atoms with van der Waals surface area (Å²) in [5.74, 6) is 0.191. The molecule has 2 rings (SSSR count). The number of rotatable bonds is 4. The predicted molar refractivity (Wildman–Crippen MR) is 77.2 cm³/mol. The lowest BCUT2D eigenvalue weighted by molar-refractivity contribution is -0.116. The van der Waals surface area contributed by atoms with Crippen LogP contribution in [0, 0.1) is 6.92 Å². The van der Waals surface area contributed by atoms with Crippen molar-refractivity contribution in [3.05, 3.63) is 41.7 Å². The van der Waals surface area contributed by atoms with Crippen LogP contribution in [0.3, 0.4) is 0 Å². The Labute approximate surface area is 114 Å². The fourth-order valence-electron chi connectivity index (χ4n) is 2.12. The van der Waals surface area contributed by atoms with Crippen LogP contribution in [0.5, 0.6) is 0 Å². The van der Waals surface area contributed by atoms with Gasteiger partial charge in [0.1, 0.15) is 5.78 Å². The molecule has 0 saturated heterocycles. The van der Waals surface area contributed by atoms with Crippen molar-refractivity contribution >= 4 is 5.78 Å². The lowest BCUT2D eigenvalue weighted by Crippen LogP contribution is -2.00. The first-order valence-electron chi connectivity index (χ1n) is 6.62. The molecule has 0 N–H and O–H groups in total. The monoisotopic (exact) mass is 256 g/mol. The van der Waals surface area contributed by atoms with Gasteiger partial charge >= 0.3 is 0 Å². The molecule has 0 aliphatic heterocycles. The maximum Gasteiger partial charge on any atom is 0.134 e. The molecule has 0 spiro atoms. The molecule has 0 amide bonds. The number of benzene rings is 1. The summed E-state index contributed by atoms with van der Waals surface area (Å²) in [5, 5.41) is 4.52. The van der Waals surface area contributed by atoms with Crippen molar-refractivity contribution in [2.24, 2.45) is 0 Å². The fraction of sp³-hybridized carbons (Fsp3) is 0.375. The van der Waals surface area contributed by atoms with Gasteiger partial charge in [0.2, 0.25) is 0 Å². The van der Waals surface area contributed by atoms with Crippen LogP contribution in [-0.2, 0) is 11.2 Å². The number of Topliss-reactive ketones (excluding diaryl/α,β-unsaturated/α-hetero) is 1. The van der Waals surface area contributed by atoms with E-state index in [1.165, 1.54) is 0 Å². The molecule has 2 aromatic rings. The van der Waals surface area contributed by atoms with Gasteiger partial charge in [-0.2, -0.15) is 5.10 Å². The van der Waals surface area contributed by atoms with E-state index in [4.69, 9.17) is 0 Å². The van der Waals surface area contributed by atoms with Gasteiger partial charge in [-0.3, -0.25) is 9.48 Å². The molecular weight excluding hydrogens is 236 g/mol. The Balaban J connectivity index is 2.29. The van der Waals surface area contributed by atoms with Gasteiger partial charge in [-0.15, -0.1) is 0 Å². The molecule has 3 nitrogen and oxygen atoms in total. The SMILES string of the molecule is CC(=O)Cc1ccc(-c2cn(C(C)C)nc2C)cc1. The van der Waals surface area contributed by atoms with E-state index in [0.717, 1.165) is 22.4 Å². The van der Waals surface area contributed by atoms with Crippen molar-refractivity contribution in [1.29, 1.82) is 0 Å². The van der Waals surface area contributed by atoms with Crippen LogP contribution < -0.4 is 0 Å². The largest absolute Gasteiger partial charge is 0.300 e. The van der Waals surface area contributed by atoms with Gasteiger partial charge in [0.15, 0.2) is 0 Å². The molecule has 1 aromatic heterocycles.